The highest BCUT2D eigenvalue weighted by Gasteiger charge is 2.03. The molecule has 0 saturated carbocycles. The van der Waals surface area contributed by atoms with E-state index in [1.807, 2.05) is 29.2 Å². The van der Waals surface area contributed by atoms with Crippen LogP contribution in [-0.2, 0) is 6.54 Å². The van der Waals surface area contributed by atoms with Gasteiger partial charge in [0, 0.05) is 23.2 Å². The molecule has 0 atom stereocenters. The van der Waals surface area contributed by atoms with Gasteiger partial charge in [-0.2, -0.15) is 5.10 Å². The van der Waals surface area contributed by atoms with E-state index < -0.39 is 0 Å². The maximum absolute atomic E-state index is 5.84. The molecular formula is C9H9ClN2S. The third-order valence-corrected chi connectivity index (χ3v) is 3.10. The molecule has 2 rings (SSSR count). The molecule has 0 saturated heterocycles. The first kappa shape index (κ1) is 8.78. The van der Waals surface area contributed by atoms with Crippen molar-refractivity contribution >= 4 is 22.9 Å². The first-order valence-corrected chi connectivity index (χ1v) is 5.27. The van der Waals surface area contributed by atoms with Crippen LogP contribution in [-0.4, -0.2) is 9.78 Å². The molecule has 0 fully saturated rings. The monoisotopic (exact) mass is 212 g/mol. The zero-order chi connectivity index (χ0) is 9.26. The van der Waals surface area contributed by atoms with Gasteiger partial charge >= 0.3 is 0 Å². The smallest absolute Gasteiger partial charge is 0.0934 e. The lowest BCUT2D eigenvalue weighted by Crippen LogP contribution is -1.91. The lowest BCUT2D eigenvalue weighted by atomic mass is 10.3. The second-order valence-corrected chi connectivity index (χ2v) is 4.40. The number of aromatic nitrogens is 2. The summed E-state index contributed by atoms with van der Waals surface area (Å²) < 4.78 is 2.72. The average Bonchev–Trinajstić information content (AvgIpc) is 2.71. The largest absolute Gasteiger partial charge is 0.272 e. The van der Waals surface area contributed by atoms with Crippen LogP contribution in [0.15, 0.2) is 24.5 Å². The quantitative estimate of drug-likeness (QED) is 0.747. The Morgan fingerprint density at radius 2 is 2.38 bits per heavy atom. The fourth-order valence-electron chi connectivity index (χ4n) is 1.13. The minimum absolute atomic E-state index is 0.819. The van der Waals surface area contributed by atoms with Gasteiger partial charge in [-0.1, -0.05) is 11.6 Å². The van der Waals surface area contributed by atoms with Gasteiger partial charge in [0.1, 0.15) is 0 Å². The number of halogens is 1. The molecule has 2 heterocycles. The van der Waals surface area contributed by atoms with Crippen molar-refractivity contribution in [3.05, 3.63) is 28.9 Å². The van der Waals surface area contributed by atoms with Gasteiger partial charge in [-0.15, -0.1) is 11.3 Å². The molecule has 0 bridgehead atoms. The molecule has 0 aromatic carbocycles. The average molecular weight is 213 g/mol. The van der Waals surface area contributed by atoms with Crippen LogP contribution in [0.25, 0.3) is 10.4 Å². The van der Waals surface area contributed by atoms with Gasteiger partial charge in [-0.3, -0.25) is 4.68 Å². The molecule has 68 valence electrons. The van der Waals surface area contributed by atoms with Crippen LogP contribution < -0.4 is 0 Å². The zero-order valence-corrected chi connectivity index (χ0v) is 8.77. The standard InChI is InChI=1S/C9H9ClN2S/c1-2-12-6-7(5-11-12)8-3-4-9(10)13-8/h3-6H,2H2,1H3. The number of hydrogen-bond acceptors (Lipinski definition) is 2. The first-order chi connectivity index (χ1) is 6.29. The van der Waals surface area contributed by atoms with Crippen molar-refractivity contribution in [3.63, 3.8) is 0 Å². The number of hydrogen-bond donors (Lipinski definition) is 0. The summed E-state index contributed by atoms with van der Waals surface area (Å²) in [5, 5.41) is 4.20. The lowest BCUT2D eigenvalue weighted by Gasteiger charge is -1.90. The number of rotatable bonds is 2. The Labute approximate surface area is 85.8 Å². The predicted octanol–water partition coefficient (Wildman–Crippen LogP) is 3.28. The van der Waals surface area contributed by atoms with E-state index in [1.165, 1.54) is 4.88 Å². The minimum Gasteiger partial charge on any atom is -0.272 e. The molecule has 0 N–H and O–H groups in total. The number of aryl methyl sites for hydroxylation is 1. The molecule has 0 unspecified atom stereocenters. The highest BCUT2D eigenvalue weighted by atomic mass is 35.5. The van der Waals surface area contributed by atoms with E-state index in [2.05, 4.69) is 12.0 Å². The normalized spacial score (nSPS) is 10.6. The van der Waals surface area contributed by atoms with Crippen molar-refractivity contribution in [2.75, 3.05) is 0 Å². The van der Waals surface area contributed by atoms with E-state index in [0.29, 0.717) is 0 Å². The second kappa shape index (κ2) is 3.52. The molecule has 2 nitrogen and oxygen atoms in total. The molecule has 0 aliphatic heterocycles. The Balaban J connectivity index is 2.35. The highest BCUT2D eigenvalue weighted by Crippen LogP contribution is 2.30. The zero-order valence-electron chi connectivity index (χ0n) is 7.20. The second-order valence-electron chi connectivity index (χ2n) is 2.69. The fourth-order valence-corrected chi connectivity index (χ4v) is 2.15. The molecule has 0 radical (unpaired) electrons. The molecule has 0 aliphatic rings. The summed E-state index contributed by atoms with van der Waals surface area (Å²) in [6, 6.07) is 3.93. The van der Waals surface area contributed by atoms with Gasteiger partial charge in [0.05, 0.1) is 10.5 Å². The van der Waals surface area contributed by atoms with Crippen molar-refractivity contribution in [3.8, 4) is 10.4 Å². The van der Waals surface area contributed by atoms with E-state index in [0.717, 1.165) is 16.4 Å². The topological polar surface area (TPSA) is 17.8 Å². The van der Waals surface area contributed by atoms with Gasteiger partial charge in [0.15, 0.2) is 0 Å². The van der Waals surface area contributed by atoms with Gasteiger partial charge in [0.2, 0.25) is 0 Å². The molecule has 0 aliphatic carbocycles. The van der Waals surface area contributed by atoms with Crippen LogP contribution in [0.5, 0.6) is 0 Å². The molecule has 0 amide bonds. The summed E-state index contributed by atoms with van der Waals surface area (Å²) >= 11 is 7.42. The Morgan fingerprint density at radius 1 is 1.54 bits per heavy atom. The summed E-state index contributed by atoms with van der Waals surface area (Å²) in [5.74, 6) is 0. The highest BCUT2D eigenvalue weighted by molar-refractivity contribution is 7.19. The van der Waals surface area contributed by atoms with Crippen molar-refractivity contribution in [2.24, 2.45) is 0 Å². The van der Waals surface area contributed by atoms with Crippen LogP contribution in [0.1, 0.15) is 6.92 Å². The molecule has 2 aromatic rings. The van der Waals surface area contributed by atoms with Gasteiger partial charge < -0.3 is 0 Å². The Morgan fingerprint density at radius 3 is 2.92 bits per heavy atom. The van der Waals surface area contributed by atoms with Crippen molar-refractivity contribution < 1.29 is 0 Å². The Kier molecular flexibility index (Phi) is 2.38. The summed E-state index contributed by atoms with van der Waals surface area (Å²) in [5.41, 5.74) is 1.14. The molecule has 2 aromatic heterocycles. The van der Waals surface area contributed by atoms with Crippen LogP contribution in [0.4, 0.5) is 0 Å². The summed E-state index contributed by atoms with van der Waals surface area (Å²) in [6.07, 6.45) is 3.90. The summed E-state index contributed by atoms with van der Waals surface area (Å²) in [7, 11) is 0. The first-order valence-electron chi connectivity index (χ1n) is 4.07. The minimum atomic E-state index is 0.819. The maximum Gasteiger partial charge on any atom is 0.0934 e. The molecule has 13 heavy (non-hydrogen) atoms. The van der Waals surface area contributed by atoms with Gasteiger partial charge in [-0.25, -0.2) is 0 Å². The van der Waals surface area contributed by atoms with E-state index >= 15 is 0 Å². The van der Waals surface area contributed by atoms with Crippen LogP contribution >= 0.6 is 22.9 Å². The van der Waals surface area contributed by atoms with E-state index in [1.54, 1.807) is 11.3 Å². The number of nitrogens with zero attached hydrogens (tertiary/aromatic N) is 2. The van der Waals surface area contributed by atoms with Crippen molar-refractivity contribution in [1.82, 2.24) is 9.78 Å². The molecular weight excluding hydrogens is 204 g/mol. The third kappa shape index (κ3) is 1.76. The molecule has 4 heteroatoms. The maximum atomic E-state index is 5.84. The fraction of sp³-hybridized carbons (Fsp3) is 0.222. The van der Waals surface area contributed by atoms with E-state index in [4.69, 9.17) is 11.6 Å². The van der Waals surface area contributed by atoms with Gasteiger partial charge in [0.25, 0.3) is 0 Å². The number of thiophene rings is 1. The third-order valence-electron chi connectivity index (χ3n) is 1.81. The summed E-state index contributed by atoms with van der Waals surface area (Å²) in [4.78, 5) is 1.17. The Hall–Kier alpha value is -0.800. The van der Waals surface area contributed by atoms with E-state index in [-0.39, 0.29) is 0 Å². The van der Waals surface area contributed by atoms with Crippen LogP contribution in [0.3, 0.4) is 0 Å². The SMILES string of the molecule is CCn1cc(-c2ccc(Cl)s2)cn1. The van der Waals surface area contributed by atoms with Crippen molar-refractivity contribution in [1.29, 1.82) is 0 Å². The van der Waals surface area contributed by atoms with E-state index in [9.17, 15) is 0 Å². The summed E-state index contributed by atoms with van der Waals surface area (Å²) in [6.45, 7) is 2.97. The van der Waals surface area contributed by atoms with Crippen LogP contribution in [0.2, 0.25) is 4.34 Å². The predicted molar refractivity (Wildman–Crippen MR) is 56.2 cm³/mol. The van der Waals surface area contributed by atoms with Gasteiger partial charge in [-0.05, 0) is 19.1 Å². The Bertz CT molecular complexity index is 405. The van der Waals surface area contributed by atoms with Crippen molar-refractivity contribution in [2.45, 2.75) is 13.5 Å². The molecule has 0 spiro atoms. The van der Waals surface area contributed by atoms with Crippen LogP contribution in [0, 0.1) is 0 Å². The lowest BCUT2D eigenvalue weighted by molar-refractivity contribution is 0.660.